The van der Waals surface area contributed by atoms with Crippen LogP contribution in [0.1, 0.15) is 5.69 Å². The van der Waals surface area contributed by atoms with E-state index in [0.29, 0.717) is 0 Å². The molecule has 0 saturated carbocycles. The molecule has 0 aliphatic carbocycles. The molecule has 1 aromatic rings. The first-order valence-corrected chi connectivity index (χ1v) is 3.68. The van der Waals surface area contributed by atoms with Gasteiger partial charge in [-0.05, 0) is 6.07 Å². The average molecular weight is 137 g/mol. The van der Waals surface area contributed by atoms with Crippen LogP contribution in [-0.4, -0.2) is 22.9 Å². The van der Waals surface area contributed by atoms with Gasteiger partial charge in [-0.25, -0.2) is 0 Å². The molecule has 1 N–H and O–H groups in total. The maximum absolute atomic E-state index is 4.19. The molecular formula is C7H11N3. The number of aromatic nitrogens is 2. The summed E-state index contributed by atoms with van der Waals surface area (Å²) in [5, 5.41) is 7.51. The van der Waals surface area contributed by atoms with Crippen LogP contribution < -0.4 is 5.32 Å². The van der Waals surface area contributed by atoms with Crippen molar-refractivity contribution in [2.45, 2.75) is 13.0 Å². The Morgan fingerprint density at radius 1 is 1.50 bits per heavy atom. The largest absolute Gasteiger partial charge is 0.315 e. The van der Waals surface area contributed by atoms with Gasteiger partial charge in [-0.3, -0.25) is 4.68 Å². The number of hydrogen-bond acceptors (Lipinski definition) is 2. The number of fused-ring (bicyclic) bond motifs is 1. The standard InChI is InChI=1S/C7H11N3/c1-3-8-5-6-10-7(1)2-4-9-10/h2,4,8H,1,3,5-6H2. The molecule has 10 heavy (non-hydrogen) atoms. The Kier molecular flexibility index (Phi) is 1.43. The topological polar surface area (TPSA) is 29.9 Å². The van der Waals surface area contributed by atoms with Gasteiger partial charge in [-0.1, -0.05) is 0 Å². The summed E-state index contributed by atoms with van der Waals surface area (Å²) in [6, 6.07) is 2.09. The zero-order chi connectivity index (χ0) is 6.81. The molecule has 54 valence electrons. The van der Waals surface area contributed by atoms with Gasteiger partial charge in [0.1, 0.15) is 0 Å². The molecule has 2 rings (SSSR count). The van der Waals surface area contributed by atoms with E-state index in [1.54, 1.807) is 0 Å². The molecule has 0 unspecified atom stereocenters. The van der Waals surface area contributed by atoms with Crippen LogP contribution >= 0.6 is 0 Å². The number of nitrogens with one attached hydrogen (secondary N) is 1. The summed E-state index contributed by atoms with van der Waals surface area (Å²) in [6.07, 6.45) is 2.99. The Bertz CT molecular complexity index is 196. The molecular weight excluding hydrogens is 126 g/mol. The van der Waals surface area contributed by atoms with E-state index in [2.05, 4.69) is 21.2 Å². The summed E-state index contributed by atoms with van der Waals surface area (Å²) in [6.45, 7) is 3.16. The highest BCUT2D eigenvalue weighted by atomic mass is 15.3. The van der Waals surface area contributed by atoms with Crippen molar-refractivity contribution < 1.29 is 0 Å². The lowest BCUT2D eigenvalue weighted by atomic mass is 10.3. The molecule has 0 amide bonds. The molecule has 0 radical (unpaired) electrons. The summed E-state index contributed by atoms with van der Waals surface area (Å²) in [7, 11) is 0. The molecule has 1 aliphatic rings. The monoisotopic (exact) mass is 137 g/mol. The average Bonchev–Trinajstić information content (AvgIpc) is 2.28. The lowest BCUT2D eigenvalue weighted by molar-refractivity contribution is 0.589. The van der Waals surface area contributed by atoms with Gasteiger partial charge in [0.15, 0.2) is 0 Å². The lowest BCUT2D eigenvalue weighted by Crippen LogP contribution is -2.17. The van der Waals surface area contributed by atoms with Gasteiger partial charge in [0.2, 0.25) is 0 Å². The summed E-state index contributed by atoms with van der Waals surface area (Å²) in [5.74, 6) is 0. The van der Waals surface area contributed by atoms with Crippen molar-refractivity contribution >= 4 is 0 Å². The molecule has 0 fully saturated rings. The van der Waals surface area contributed by atoms with Crippen molar-refractivity contribution in [2.24, 2.45) is 0 Å². The van der Waals surface area contributed by atoms with Crippen LogP contribution in [0, 0.1) is 0 Å². The van der Waals surface area contributed by atoms with Crippen LogP contribution in [0.15, 0.2) is 12.3 Å². The predicted octanol–water partition coefficient (Wildman–Crippen LogP) is 0.0288. The van der Waals surface area contributed by atoms with Crippen molar-refractivity contribution in [1.82, 2.24) is 15.1 Å². The molecule has 0 atom stereocenters. The van der Waals surface area contributed by atoms with Gasteiger partial charge in [0.25, 0.3) is 0 Å². The summed E-state index contributed by atoms with van der Waals surface area (Å²) in [4.78, 5) is 0. The second-order valence-corrected chi connectivity index (χ2v) is 2.55. The summed E-state index contributed by atoms with van der Waals surface area (Å²) in [5.41, 5.74) is 1.35. The number of hydrogen-bond donors (Lipinski definition) is 1. The molecule has 1 aromatic heterocycles. The Morgan fingerprint density at radius 2 is 2.50 bits per heavy atom. The quantitative estimate of drug-likeness (QED) is 0.546. The van der Waals surface area contributed by atoms with Crippen LogP contribution in [0.5, 0.6) is 0 Å². The van der Waals surface area contributed by atoms with Crippen LogP contribution in [-0.2, 0) is 13.0 Å². The lowest BCUT2D eigenvalue weighted by Gasteiger charge is -1.98. The van der Waals surface area contributed by atoms with Crippen molar-refractivity contribution in [1.29, 1.82) is 0 Å². The van der Waals surface area contributed by atoms with Gasteiger partial charge in [0, 0.05) is 31.4 Å². The van der Waals surface area contributed by atoms with Gasteiger partial charge in [0.05, 0.1) is 6.54 Å². The van der Waals surface area contributed by atoms with Crippen molar-refractivity contribution in [3.63, 3.8) is 0 Å². The van der Waals surface area contributed by atoms with Gasteiger partial charge in [-0.15, -0.1) is 0 Å². The summed E-state index contributed by atoms with van der Waals surface area (Å²) >= 11 is 0. The van der Waals surface area contributed by atoms with Gasteiger partial charge in [-0.2, -0.15) is 5.10 Å². The number of rotatable bonds is 0. The van der Waals surface area contributed by atoms with E-state index in [4.69, 9.17) is 0 Å². The molecule has 0 saturated heterocycles. The maximum Gasteiger partial charge on any atom is 0.0537 e. The highest BCUT2D eigenvalue weighted by molar-refractivity contribution is 5.01. The minimum absolute atomic E-state index is 1.02. The Morgan fingerprint density at radius 3 is 3.50 bits per heavy atom. The normalized spacial score (nSPS) is 18.0. The molecule has 2 heterocycles. The van der Waals surface area contributed by atoms with Crippen LogP contribution in [0.3, 0.4) is 0 Å². The first-order chi connectivity index (χ1) is 4.97. The molecule has 0 spiro atoms. The zero-order valence-electron chi connectivity index (χ0n) is 5.88. The molecule has 3 heteroatoms. The number of nitrogens with zero attached hydrogens (tertiary/aromatic N) is 2. The first kappa shape index (κ1) is 5.92. The smallest absolute Gasteiger partial charge is 0.0537 e. The van der Waals surface area contributed by atoms with E-state index in [1.807, 2.05) is 6.20 Å². The van der Waals surface area contributed by atoms with E-state index >= 15 is 0 Å². The highest BCUT2D eigenvalue weighted by Gasteiger charge is 2.04. The van der Waals surface area contributed by atoms with Crippen molar-refractivity contribution in [3.8, 4) is 0 Å². The van der Waals surface area contributed by atoms with Gasteiger partial charge >= 0.3 is 0 Å². The van der Waals surface area contributed by atoms with Crippen molar-refractivity contribution in [2.75, 3.05) is 13.1 Å². The first-order valence-electron chi connectivity index (χ1n) is 3.68. The van der Waals surface area contributed by atoms with E-state index in [0.717, 1.165) is 26.1 Å². The Hall–Kier alpha value is -0.830. The molecule has 0 bridgehead atoms. The summed E-state index contributed by atoms with van der Waals surface area (Å²) < 4.78 is 2.07. The minimum atomic E-state index is 1.02. The fourth-order valence-corrected chi connectivity index (χ4v) is 1.30. The third kappa shape index (κ3) is 0.926. The maximum atomic E-state index is 4.19. The molecule has 3 nitrogen and oxygen atoms in total. The SMILES string of the molecule is c1cc2n(n1)CCNCC2. The fourth-order valence-electron chi connectivity index (χ4n) is 1.30. The van der Waals surface area contributed by atoms with Gasteiger partial charge < -0.3 is 5.32 Å². The second-order valence-electron chi connectivity index (χ2n) is 2.55. The molecule has 0 aromatic carbocycles. The van der Waals surface area contributed by atoms with E-state index in [1.165, 1.54) is 5.69 Å². The molecule has 1 aliphatic heterocycles. The predicted molar refractivity (Wildman–Crippen MR) is 38.8 cm³/mol. The zero-order valence-corrected chi connectivity index (χ0v) is 5.88. The Labute approximate surface area is 60.0 Å². The van der Waals surface area contributed by atoms with Crippen LogP contribution in [0.4, 0.5) is 0 Å². The van der Waals surface area contributed by atoms with Crippen LogP contribution in [0.2, 0.25) is 0 Å². The van der Waals surface area contributed by atoms with E-state index in [-0.39, 0.29) is 0 Å². The highest BCUT2D eigenvalue weighted by Crippen LogP contribution is 2.00. The third-order valence-electron chi connectivity index (χ3n) is 1.86. The minimum Gasteiger partial charge on any atom is -0.315 e. The second kappa shape index (κ2) is 2.42. The third-order valence-corrected chi connectivity index (χ3v) is 1.86. The van der Waals surface area contributed by atoms with Crippen LogP contribution in [0.25, 0.3) is 0 Å². The van der Waals surface area contributed by atoms with E-state index < -0.39 is 0 Å². The Balaban J connectivity index is 2.28. The van der Waals surface area contributed by atoms with Crippen molar-refractivity contribution in [3.05, 3.63) is 18.0 Å². The fraction of sp³-hybridized carbons (Fsp3) is 0.571. The van der Waals surface area contributed by atoms with E-state index in [9.17, 15) is 0 Å².